The van der Waals surface area contributed by atoms with E-state index < -0.39 is 47.4 Å². The Kier molecular flexibility index (Phi) is 5.30. The number of benzene rings is 1. The topological polar surface area (TPSA) is 78.4 Å². The lowest BCUT2D eigenvalue weighted by Gasteiger charge is -2.09. The third-order valence-electron chi connectivity index (χ3n) is 2.26. The van der Waals surface area contributed by atoms with Crippen LogP contribution >= 0.6 is 0 Å². The minimum atomic E-state index is -1.84. The smallest absolute Gasteiger partial charge is 0.315 e. The summed E-state index contributed by atoms with van der Waals surface area (Å²) in [6.45, 7) is -0.905. The highest BCUT2D eigenvalue weighted by Gasteiger charge is 2.19. The van der Waals surface area contributed by atoms with Crippen LogP contribution < -0.4 is 10.6 Å². The number of aliphatic carboxylic acids is 1. The van der Waals surface area contributed by atoms with Crippen LogP contribution in [0.1, 0.15) is 12.0 Å². The van der Waals surface area contributed by atoms with Crippen LogP contribution in [-0.4, -0.2) is 23.7 Å². The maximum Gasteiger partial charge on any atom is 0.315 e. The number of hydrogen-bond acceptors (Lipinski definition) is 2. The Morgan fingerprint density at radius 2 is 1.70 bits per heavy atom. The van der Waals surface area contributed by atoms with Crippen molar-refractivity contribution in [2.75, 3.05) is 6.54 Å². The van der Waals surface area contributed by atoms with E-state index in [-0.39, 0.29) is 19.0 Å². The van der Waals surface area contributed by atoms with Crippen LogP contribution in [0.2, 0.25) is 0 Å². The summed E-state index contributed by atoms with van der Waals surface area (Å²) in [4.78, 5) is 21.3. The van der Waals surface area contributed by atoms with Crippen LogP contribution in [0.25, 0.3) is 0 Å². The lowest BCUT2D eigenvalue weighted by Crippen LogP contribution is -2.36. The van der Waals surface area contributed by atoms with Crippen molar-refractivity contribution in [3.05, 3.63) is 34.9 Å². The van der Waals surface area contributed by atoms with Gasteiger partial charge in [-0.2, -0.15) is 0 Å². The summed E-state index contributed by atoms with van der Waals surface area (Å²) >= 11 is 0. The molecule has 0 unspecified atom stereocenters. The molecule has 0 saturated heterocycles. The van der Waals surface area contributed by atoms with Crippen LogP contribution in [0, 0.1) is 23.3 Å². The molecule has 0 aromatic heterocycles. The van der Waals surface area contributed by atoms with Crippen molar-refractivity contribution < 1.29 is 32.3 Å². The summed E-state index contributed by atoms with van der Waals surface area (Å²) in [5.41, 5.74) is -0.836. The van der Waals surface area contributed by atoms with Gasteiger partial charge in [-0.15, -0.1) is 0 Å². The Morgan fingerprint density at radius 1 is 1.05 bits per heavy atom. The Balaban J connectivity index is 2.60. The van der Waals surface area contributed by atoms with E-state index in [1.807, 2.05) is 5.32 Å². The van der Waals surface area contributed by atoms with E-state index in [0.717, 1.165) is 0 Å². The standard InChI is InChI=1S/C11H10F4N2O3/c12-6-3-7(13)10(15)9(14)5(6)4-17-11(20)16-2-1-8(18)19/h3H,1-2,4H2,(H,18,19)(H2,16,17,20). The van der Waals surface area contributed by atoms with Gasteiger partial charge in [-0.25, -0.2) is 22.4 Å². The van der Waals surface area contributed by atoms with E-state index in [1.54, 1.807) is 0 Å². The van der Waals surface area contributed by atoms with Gasteiger partial charge in [-0.1, -0.05) is 0 Å². The van der Waals surface area contributed by atoms with Gasteiger partial charge in [-0.05, 0) is 0 Å². The van der Waals surface area contributed by atoms with E-state index in [9.17, 15) is 27.2 Å². The zero-order valence-corrected chi connectivity index (χ0v) is 9.97. The molecule has 0 aliphatic carbocycles. The molecule has 0 heterocycles. The van der Waals surface area contributed by atoms with Crippen molar-refractivity contribution >= 4 is 12.0 Å². The average molecular weight is 294 g/mol. The molecule has 0 fully saturated rings. The highest BCUT2D eigenvalue weighted by atomic mass is 19.2. The first-order valence-electron chi connectivity index (χ1n) is 5.38. The summed E-state index contributed by atoms with van der Waals surface area (Å²) in [6.07, 6.45) is -0.332. The molecule has 2 amide bonds. The lowest BCUT2D eigenvalue weighted by atomic mass is 10.2. The number of hydrogen-bond donors (Lipinski definition) is 3. The van der Waals surface area contributed by atoms with E-state index in [1.165, 1.54) is 0 Å². The molecule has 0 saturated carbocycles. The van der Waals surface area contributed by atoms with Crippen molar-refractivity contribution in [2.45, 2.75) is 13.0 Å². The zero-order valence-electron chi connectivity index (χ0n) is 9.97. The van der Waals surface area contributed by atoms with Gasteiger partial charge in [0.25, 0.3) is 0 Å². The Bertz CT molecular complexity index is 537. The van der Waals surface area contributed by atoms with Crippen LogP contribution in [0.3, 0.4) is 0 Å². The van der Waals surface area contributed by atoms with Crippen LogP contribution in [0.4, 0.5) is 22.4 Å². The fourth-order valence-corrected chi connectivity index (χ4v) is 1.28. The predicted molar refractivity (Wildman–Crippen MR) is 58.8 cm³/mol. The fourth-order valence-electron chi connectivity index (χ4n) is 1.28. The van der Waals surface area contributed by atoms with Gasteiger partial charge in [0, 0.05) is 18.2 Å². The molecule has 0 radical (unpaired) electrons. The minimum Gasteiger partial charge on any atom is -0.481 e. The Morgan fingerprint density at radius 3 is 2.30 bits per heavy atom. The molecule has 0 atom stereocenters. The molecule has 0 aliphatic heterocycles. The second-order valence-corrected chi connectivity index (χ2v) is 3.70. The molecule has 1 aromatic carbocycles. The molecule has 5 nitrogen and oxygen atoms in total. The zero-order chi connectivity index (χ0) is 15.3. The number of amides is 2. The molecule has 3 N–H and O–H groups in total. The first-order valence-corrected chi connectivity index (χ1v) is 5.38. The number of carbonyl (C=O) groups excluding carboxylic acids is 1. The number of carboxylic acid groups (broad SMARTS) is 1. The Hall–Kier alpha value is -2.32. The van der Waals surface area contributed by atoms with Gasteiger partial charge in [0.2, 0.25) is 0 Å². The van der Waals surface area contributed by atoms with E-state index in [2.05, 4.69) is 5.32 Å². The fraction of sp³-hybridized carbons (Fsp3) is 0.273. The van der Waals surface area contributed by atoms with Crippen molar-refractivity contribution in [1.29, 1.82) is 0 Å². The summed E-state index contributed by atoms with van der Waals surface area (Å²) in [6, 6.07) is -0.729. The summed E-state index contributed by atoms with van der Waals surface area (Å²) in [5.74, 6) is -7.72. The van der Waals surface area contributed by atoms with E-state index in [4.69, 9.17) is 5.11 Å². The van der Waals surface area contributed by atoms with Crippen molar-refractivity contribution in [1.82, 2.24) is 10.6 Å². The first kappa shape index (κ1) is 15.7. The maximum absolute atomic E-state index is 13.2. The predicted octanol–water partition coefficient (Wildman–Crippen LogP) is 1.52. The molecule has 0 bridgehead atoms. The molecule has 110 valence electrons. The van der Waals surface area contributed by atoms with Crippen LogP contribution in [0.5, 0.6) is 0 Å². The SMILES string of the molecule is O=C(O)CCNC(=O)NCc1c(F)cc(F)c(F)c1F. The third-order valence-corrected chi connectivity index (χ3v) is 2.26. The van der Waals surface area contributed by atoms with E-state index in [0.29, 0.717) is 0 Å². The largest absolute Gasteiger partial charge is 0.481 e. The molecule has 1 aromatic rings. The van der Waals surface area contributed by atoms with E-state index >= 15 is 0 Å². The van der Waals surface area contributed by atoms with Crippen LogP contribution in [0.15, 0.2) is 6.07 Å². The quantitative estimate of drug-likeness (QED) is 0.437. The number of carbonyl (C=O) groups is 2. The second-order valence-electron chi connectivity index (χ2n) is 3.70. The van der Waals surface area contributed by atoms with Crippen LogP contribution in [-0.2, 0) is 11.3 Å². The molecule has 9 heteroatoms. The minimum absolute atomic E-state index is 0.164. The summed E-state index contributed by atoms with van der Waals surface area (Å²) in [7, 11) is 0. The summed E-state index contributed by atoms with van der Waals surface area (Å²) in [5, 5.41) is 12.4. The molecular weight excluding hydrogens is 284 g/mol. The van der Waals surface area contributed by atoms with Crippen molar-refractivity contribution in [3.8, 4) is 0 Å². The van der Waals surface area contributed by atoms with Gasteiger partial charge >= 0.3 is 12.0 Å². The monoisotopic (exact) mass is 294 g/mol. The number of nitrogens with one attached hydrogen (secondary N) is 2. The maximum atomic E-state index is 13.2. The molecule has 20 heavy (non-hydrogen) atoms. The molecule has 0 spiro atoms. The van der Waals surface area contributed by atoms with Crippen molar-refractivity contribution in [3.63, 3.8) is 0 Å². The first-order chi connectivity index (χ1) is 9.32. The number of rotatable bonds is 5. The molecular formula is C11H10F4N2O3. The highest BCUT2D eigenvalue weighted by Crippen LogP contribution is 2.18. The Labute approximate surface area is 110 Å². The van der Waals surface area contributed by atoms with Gasteiger partial charge in [-0.3, -0.25) is 4.79 Å². The number of carboxylic acids is 1. The van der Waals surface area contributed by atoms with Gasteiger partial charge in [0.05, 0.1) is 13.0 Å². The lowest BCUT2D eigenvalue weighted by molar-refractivity contribution is -0.136. The summed E-state index contributed by atoms with van der Waals surface area (Å²) < 4.78 is 52.0. The van der Waals surface area contributed by atoms with Gasteiger partial charge in [0.15, 0.2) is 17.5 Å². The molecule has 0 aliphatic rings. The average Bonchev–Trinajstić information content (AvgIpc) is 2.35. The van der Waals surface area contributed by atoms with Gasteiger partial charge in [0.1, 0.15) is 5.82 Å². The van der Waals surface area contributed by atoms with Gasteiger partial charge < -0.3 is 15.7 Å². The highest BCUT2D eigenvalue weighted by molar-refractivity contribution is 5.74. The number of urea groups is 1. The normalized spacial score (nSPS) is 10.2. The molecule has 1 rings (SSSR count). The van der Waals surface area contributed by atoms with Crippen molar-refractivity contribution in [2.24, 2.45) is 0 Å². The third kappa shape index (κ3) is 4.11. The second kappa shape index (κ2) is 6.73. The number of halogens is 4.